The summed E-state index contributed by atoms with van der Waals surface area (Å²) in [5.74, 6) is 1.72. The maximum atomic E-state index is 5.94. The zero-order valence-electron chi connectivity index (χ0n) is 15.7. The lowest BCUT2D eigenvalue weighted by Crippen LogP contribution is -2.41. The maximum absolute atomic E-state index is 5.94. The average Bonchev–Trinajstić information content (AvgIpc) is 3.41. The summed E-state index contributed by atoms with van der Waals surface area (Å²) in [6.45, 7) is 4.62. The van der Waals surface area contributed by atoms with Crippen LogP contribution in [-0.4, -0.2) is 55.3 Å². The number of hydrogen-bond donors (Lipinski definition) is 1. The fraction of sp³-hybridized carbons (Fsp3) is 0.700. The van der Waals surface area contributed by atoms with Gasteiger partial charge < -0.3 is 19.7 Å². The Morgan fingerprint density at radius 1 is 1.38 bits per heavy atom. The third-order valence-corrected chi connectivity index (χ3v) is 5.97. The van der Waals surface area contributed by atoms with Crippen molar-refractivity contribution in [3.8, 4) is 5.88 Å². The van der Waals surface area contributed by atoms with Gasteiger partial charge in [0, 0.05) is 51.0 Å². The molecule has 4 rings (SSSR count). The van der Waals surface area contributed by atoms with E-state index in [2.05, 4.69) is 26.3 Å². The first-order chi connectivity index (χ1) is 12.8. The van der Waals surface area contributed by atoms with Gasteiger partial charge in [-0.15, -0.1) is 0 Å². The van der Waals surface area contributed by atoms with Crippen molar-refractivity contribution in [2.45, 2.75) is 51.2 Å². The molecule has 1 aliphatic carbocycles. The van der Waals surface area contributed by atoms with Crippen molar-refractivity contribution in [3.05, 3.63) is 23.9 Å². The lowest BCUT2D eigenvalue weighted by Gasteiger charge is -2.25. The molecule has 6 nitrogen and oxygen atoms in total. The highest BCUT2D eigenvalue weighted by atomic mass is 16.5. The predicted molar refractivity (Wildman–Crippen MR) is 101 cm³/mol. The number of nitrogens with one attached hydrogen (secondary N) is 1. The summed E-state index contributed by atoms with van der Waals surface area (Å²) in [5, 5.41) is 3.48. The van der Waals surface area contributed by atoms with Crippen LogP contribution in [0.1, 0.15) is 44.1 Å². The van der Waals surface area contributed by atoms with Crippen molar-refractivity contribution in [2.75, 3.05) is 33.4 Å². The molecule has 26 heavy (non-hydrogen) atoms. The molecule has 2 aliphatic heterocycles. The second-order valence-corrected chi connectivity index (χ2v) is 7.90. The van der Waals surface area contributed by atoms with Gasteiger partial charge in [-0.3, -0.25) is 4.99 Å². The molecule has 142 valence electrons. The normalized spacial score (nSPS) is 26.8. The van der Waals surface area contributed by atoms with Crippen molar-refractivity contribution < 1.29 is 9.47 Å². The van der Waals surface area contributed by atoms with Crippen LogP contribution in [0.25, 0.3) is 0 Å². The van der Waals surface area contributed by atoms with Gasteiger partial charge in [-0.05, 0) is 44.1 Å². The Morgan fingerprint density at radius 3 is 2.96 bits per heavy atom. The van der Waals surface area contributed by atoms with Crippen molar-refractivity contribution in [1.29, 1.82) is 0 Å². The molecule has 3 fully saturated rings. The minimum Gasteiger partial charge on any atom is -0.474 e. The van der Waals surface area contributed by atoms with Crippen molar-refractivity contribution in [1.82, 2.24) is 15.2 Å². The smallest absolute Gasteiger partial charge is 0.213 e. The summed E-state index contributed by atoms with van der Waals surface area (Å²) < 4.78 is 11.6. The van der Waals surface area contributed by atoms with Gasteiger partial charge >= 0.3 is 0 Å². The molecule has 6 heteroatoms. The lowest BCUT2D eigenvalue weighted by atomic mass is 9.87. The van der Waals surface area contributed by atoms with Crippen molar-refractivity contribution >= 4 is 5.96 Å². The van der Waals surface area contributed by atoms with Gasteiger partial charge in [-0.1, -0.05) is 6.07 Å². The first-order valence-electron chi connectivity index (χ1n) is 9.91. The minimum absolute atomic E-state index is 0.346. The van der Waals surface area contributed by atoms with Crippen LogP contribution in [0.15, 0.2) is 23.3 Å². The van der Waals surface area contributed by atoms with Gasteiger partial charge in [0.1, 0.15) is 6.10 Å². The topological polar surface area (TPSA) is 59.0 Å². The van der Waals surface area contributed by atoms with E-state index in [-0.39, 0.29) is 0 Å². The number of aromatic nitrogens is 1. The van der Waals surface area contributed by atoms with E-state index in [1.54, 1.807) is 0 Å². The predicted octanol–water partition coefficient (Wildman–Crippen LogP) is 2.59. The molecule has 1 atom stereocenters. The van der Waals surface area contributed by atoms with Gasteiger partial charge in [-0.2, -0.15) is 0 Å². The molecule has 1 aromatic rings. The highest BCUT2D eigenvalue weighted by Crippen LogP contribution is 2.38. The highest BCUT2D eigenvalue weighted by Gasteiger charge is 2.42. The molecule has 1 N–H and O–H groups in total. The van der Waals surface area contributed by atoms with E-state index in [9.17, 15) is 0 Å². The van der Waals surface area contributed by atoms with Gasteiger partial charge in [0.15, 0.2) is 5.96 Å². The van der Waals surface area contributed by atoms with Gasteiger partial charge in [-0.25, -0.2) is 4.98 Å². The standard InChI is InChI=1S/C20H30N4O2/c1-21-19(24-10-8-20(14-24)9-11-25-15-20)23-13-16-6-7-18(22-12-16)26-17-4-2-3-5-17/h6-7,12,17H,2-5,8-11,13-15H2,1H3,(H,21,23). The van der Waals surface area contributed by atoms with Crippen molar-refractivity contribution in [2.24, 2.45) is 10.4 Å². The molecule has 2 saturated heterocycles. The second-order valence-electron chi connectivity index (χ2n) is 7.90. The molecular weight excluding hydrogens is 328 g/mol. The Bertz CT molecular complexity index is 619. The van der Waals surface area contributed by atoms with E-state index >= 15 is 0 Å². The summed E-state index contributed by atoms with van der Waals surface area (Å²) in [6.07, 6.45) is 9.49. The molecule has 0 amide bonds. The number of likely N-dealkylation sites (tertiary alicyclic amines) is 1. The first-order valence-corrected chi connectivity index (χ1v) is 9.91. The van der Waals surface area contributed by atoms with E-state index in [1.165, 1.54) is 25.7 Å². The number of ether oxygens (including phenoxy) is 2. The Hall–Kier alpha value is -1.82. The Morgan fingerprint density at radius 2 is 2.27 bits per heavy atom. The van der Waals surface area contributed by atoms with Crippen LogP contribution in [0.3, 0.4) is 0 Å². The van der Waals surface area contributed by atoms with Crippen molar-refractivity contribution in [3.63, 3.8) is 0 Å². The van der Waals surface area contributed by atoms with Crippen LogP contribution in [0.2, 0.25) is 0 Å². The van der Waals surface area contributed by atoms with Crippen LogP contribution >= 0.6 is 0 Å². The Labute approximate surface area is 156 Å². The molecule has 1 unspecified atom stereocenters. The summed E-state index contributed by atoms with van der Waals surface area (Å²) >= 11 is 0. The van der Waals surface area contributed by atoms with Crippen LogP contribution in [0, 0.1) is 5.41 Å². The SMILES string of the molecule is CN=C(NCc1ccc(OC2CCCC2)nc1)N1CCC2(CCOC2)C1. The van der Waals surface area contributed by atoms with E-state index in [4.69, 9.17) is 9.47 Å². The monoisotopic (exact) mass is 358 g/mol. The quantitative estimate of drug-likeness (QED) is 0.662. The molecule has 0 bridgehead atoms. The molecule has 3 aliphatic rings. The molecule has 1 spiro atoms. The fourth-order valence-electron chi connectivity index (χ4n) is 4.36. The summed E-state index contributed by atoms with van der Waals surface area (Å²) in [6, 6.07) is 4.08. The molecule has 3 heterocycles. The second kappa shape index (κ2) is 7.82. The third-order valence-electron chi connectivity index (χ3n) is 5.97. The first kappa shape index (κ1) is 17.6. The number of hydrogen-bond acceptors (Lipinski definition) is 4. The average molecular weight is 358 g/mol. The van der Waals surface area contributed by atoms with Crippen LogP contribution in [0.4, 0.5) is 0 Å². The zero-order valence-corrected chi connectivity index (χ0v) is 15.7. The Kier molecular flexibility index (Phi) is 5.29. The molecule has 0 radical (unpaired) electrons. The van der Waals surface area contributed by atoms with Crippen LogP contribution < -0.4 is 10.1 Å². The van der Waals surface area contributed by atoms with E-state index < -0.39 is 0 Å². The van der Waals surface area contributed by atoms with Gasteiger partial charge in [0.2, 0.25) is 5.88 Å². The summed E-state index contributed by atoms with van der Waals surface area (Å²) in [4.78, 5) is 11.3. The molecule has 0 aromatic carbocycles. The van der Waals surface area contributed by atoms with Crippen LogP contribution in [-0.2, 0) is 11.3 Å². The number of rotatable bonds is 4. The third kappa shape index (κ3) is 3.95. The molecule has 1 aromatic heterocycles. The maximum Gasteiger partial charge on any atom is 0.213 e. The number of nitrogens with zero attached hydrogens (tertiary/aromatic N) is 3. The fourth-order valence-corrected chi connectivity index (χ4v) is 4.36. The lowest BCUT2D eigenvalue weighted by molar-refractivity contribution is 0.156. The number of aliphatic imine (C=N–C) groups is 1. The minimum atomic E-state index is 0.346. The number of pyridine rings is 1. The van der Waals surface area contributed by atoms with E-state index in [0.29, 0.717) is 11.5 Å². The van der Waals surface area contributed by atoms with Crippen LogP contribution in [0.5, 0.6) is 5.88 Å². The van der Waals surface area contributed by atoms with E-state index in [0.717, 1.165) is 63.1 Å². The molecular formula is C20H30N4O2. The largest absolute Gasteiger partial charge is 0.474 e. The van der Waals surface area contributed by atoms with Gasteiger partial charge in [0.25, 0.3) is 0 Å². The Balaban J connectivity index is 1.28. The summed E-state index contributed by atoms with van der Waals surface area (Å²) in [7, 11) is 1.86. The molecule has 1 saturated carbocycles. The van der Waals surface area contributed by atoms with Gasteiger partial charge in [0.05, 0.1) is 6.61 Å². The zero-order chi connectivity index (χ0) is 17.8. The number of guanidine groups is 1. The summed E-state index contributed by atoms with van der Waals surface area (Å²) in [5.41, 5.74) is 1.49. The highest BCUT2D eigenvalue weighted by molar-refractivity contribution is 5.80. The van der Waals surface area contributed by atoms with E-state index in [1.807, 2.05) is 19.3 Å².